The third kappa shape index (κ3) is 1.79. The van der Waals surface area contributed by atoms with Gasteiger partial charge in [0.25, 0.3) is 0 Å². The molecule has 0 saturated carbocycles. The number of hydrogen-bond donors (Lipinski definition) is 0. The van der Waals surface area contributed by atoms with Crippen molar-refractivity contribution in [1.29, 1.82) is 0 Å². The van der Waals surface area contributed by atoms with E-state index in [2.05, 4.69) is 67.6 Å². The van der Waals surface area contributed by atoms with Crippen molar-refractivity contribution >= 4 is 21.9 Å². The number of fused-ring (bicyclic) bond motifs is 3. The first-order valence-electron chi connectivity index (χ1n) is 7.23. The van der Waals surface area contributed by atoms with Crippen molar-refractivity contribution in [2.75, 3.05) is 7.05 Å². The molecule has 0 radical (unpaired) electrons. The molecule has 1 aliphatic heterocycles. The summed E-state index contributed by atoms with van der Waals surface area (Å²) >= 11 is 0. The highest BCUT2D eigenvalue weighted by Gasteiger charge is 2.21. The quantitative estimate of drug-likeness (QED) is 0.624. The van der Waals surface area contributed by atoms with E-state index in [4.69, 9.17) is 4.42 Å². The van der Waals surface area contributed by atoms with E-state index in [1.807, 2.05) is 12.1 Å². The van der Waals surface area contributed by atoms with Gasteiger partial charge in [-0.1, -0.05) is 42.5 Å². The molecule has 21 heavy (non-hydrogen) atoms. The Kier molecular flexibility index (Phi) is 2.64. The molecule has 0 fully saturated rings. The summed E-state index contributed by atoms with van der Waals surface area (Å²) in [5, 5.41) is 2.38. The summed E-state index contributed by atoms with van der Waals surface area (Å²) in [6.07, 6.45) is 8.48. The Morgan fingerprint density at radius 1 is 1.00 bits per heavy atom. The van der Waals surface area contributed by atoms with Crippen LogP contribution in [0.15, 0.2) is 65.2 Å². The smallest absolute Gasteiger partial charge is 0.141 e. The van der Waals surface area contributed by atoms with Crippen LogP contribution in [0.25, 0.3) is 21.9 Å². The number of aryl methyl sites for hydroxylation is 1. The van der Waals surface area contributed by atoms with Crippen LogP contribution in [0.4, 0.5) is 0 Å². The molecule has 0 spiro atoms. The van der Waals surface area contributed by atoms with Crippen LogP contribution in [0.5, 0.6) is 0 Å². The molecular formula is C19H17NO. The monoisotopic (exact) mass is 275 g/mol. The van der Waals surface area contributed by atoms with Crippen LogP contribution in [0.1, 0.15) is 17.2 Å². The molecule has 1 aromatic heterocycles. The van der Waals surface area contributed by atoms with Gasteiger partial charge in [-0.25, -0.2) is 0 Å². The summed E-state index contributed by atoms with van der Waals surface area (Å²) in [5.74, 6) is 0. The second kappa shape index (κ2) is 4.52. The summed E-state index contributed by atoms with van der Waals surface area (Å²) < 4.78 is 6.18. The molecule has 1 aliphatic rings. The maximum atomic E-state index is 6.18. The van der Waals surface area contributed by atoms with E-state index in [-0.39, 0.29) is 6.04 Å². The Hall–Kier alpha value is -2.48. The zero-order chi connectivity index (χ0) is 14.4. The van der Waals surface area contributed by atoms with E-state index in [1.165, 1.54) is 21.9 Å². The van der Waals surface area contributed by atoms with Crippen LogP contribution in [0.2, 0.25) is 0 Å². The van der Waals surface area contributed by atoms with Crippen molar-refractivity contribution in [3.05, 3.63) is 72.0 Å². The van der Waals surface area contributed by atoms with Gasteiger partial charge in [0.15, 0.2) is 0 Å². The van der Waals surface area contributed by atoms with Gasteiger partial charge in [-0.2, -0.15) is 0 Å². The highest BCUT2D eigenvalue weighted by molar-refractivity contribution is 6.06. The third-order valence-electron chi connectivity index (χ3n) is 4.26. The molecule has 104 valence electrons. The summed E-state index contributed by atoms with van der Waals surface area (Å²) in [6, 6.07) is 12.8. The van der Waals surface area contributed by atoms with Gasteiger partial charge < -0.3 is 9.32 Å². The fraction of sp³-hybridized carbons (Fsp3) is 0.158. The van der Waals surface area contributed by atoms with Crippen molar-refractivity contribution in [3.8, 4) is 0 Å². The Bertz CT molecular complexity index is 885. The minimum absolute atomic E-state index is 0.222. The lowest BCUT2D eigenvalue weighted by atomic mass is 9.96. The van der Waals surface area contributed by atoms with Crippen molar-refractivity contribution in [2.45, 2.75) is 13.0 Å². The van der Waals surface area contributed by atoms with E-state index in [0.29, 0.717) is 0 Å². The first kappa shape index (κ1) is 12.3. The van der Waals surface area contributed by atoms with Gasteiger partial charge in [0.2, 0.25) is 0 Å². The number of rotatable bonds is 1. The number of para-hydroxylation sites is 1. The number of furan rings is 1. The lowest BCUT2D eigenvalue weighted by molar-refractivity contribution is 0.388. The molecule has 0 bridgehead atoms. The van der Waals surface area contributed by atoms with Crippen molar-refractivity contribution in [3.63, 3.8) is 0 Å². The van der Waals surface area contributed by atoms with Gasteiger partial charge in [-0.05, 0) is 30.8 Å². The minimum atomic E-state index is 0.222. The Morgan fingerprint density at radius 2 is 1.86 bits per heavy atom. The number of hydrogen-bond acceptors (Lipinski definition) is 2. The second-order valence-corrected chi connectivity index (χ2v) is 5.61. The molecule has 1 atom stereocenters. The zero-order valence-electron chi connectivity index (χ0n) is 12.2. The highest BCUT2D eigenvalue weighted by atomic mass is 16.3. The van der Waals surface area contributed by atoms with Gasteiger partial charge in [0.1, 0.15) is 11.2 Å². The topological polar surface area (TPSA) is 16.4 Å². The van der Waals surface area contributed by atoms with Crippen molar-refractivity contribution < 1.29 is 4.42 Å². The van der Waals surface area contributed by atoms with E-state index in [0.717, 1.165) is 11.2 Å². The van der Waals surface area contributed by atoms with Crippen LogP contribution in [-0.2, 0) is 0 Å². The van der Waals surface area contributed by atoms with Crippen molar-refractivity contribution in [2.24, 2.45) is 0 Å². The molecule has 0 N–H and O–H groups in total. The molecule has 2 nitrogen and oxygen atoms in total. The highest BCUT2D eigenvalue weighted by Crippen LogP contribution is 2.37. The fourth-order valence-corrected chi connectivity index (χ4v) is 3.16. The van der Waals surface area contributed by atoms with Gasteiger partial charge in [-0.3, -0.25) is 0 Å². The fourth-order valence-electron chi connectivity index (χ4n) is 3.16. The van der Waals surface area contributed by atoms with Gasteiger partial charge >= 0.3 is 0 Å². The SMILES string of the molecule is Cc1ccc2c(oc3ccccc32)c1C1C=CC=CN1C. The summed E-state index contributed by atoms with van der Waals surface area (Å²) in [5.41, 5.74) is 4.48. The standard InChI is InChI=1S/C19H17NO/c1-13-10-11-15-14-7-3-4-9-17(14)21-19(15)18(13)16-8-5-6-12-20(16)2/h3-12,16H,1-2H3. The van der Waals surface area contributed by atoms with E-state index < -0.39 is 0 Å². The summed E-state index contributed by atoms with van der Waals surface area (Å²) in [7, 11) is 2.10. The number of benzene rings is 2. The van der Waals surface area contributed by atoms with Crippen LogP contribution in [-0.4, -0.2) is 11.9 Å². The largest absolute Gasteiger partial charge is 0.456 e. The summed E-state index contributed by atoms with van der Waals surface area (Å²) in [6.45, 7) is 2.15. The first-order valence-corrected chi connectivity index (χ1v) is 7.23. The average Bonchev–Trinajstić information content (AvgIpc) is 2.87. The maximum Gasteiger partial charge on any atom is 0.141 e. The number of likely N-dealkylation sites (N-methyl/N-ethyl adjacent to an activating group) is 1. The molecule has 0 saturated heterocycles. The first-order chi connectivity index (χ1) is 10.3. The van der Waals surface area contributed by atoms with Crippen molar-refractivity contribution in [1.82, 2.24) is 4.90 Å². The maximum absolute atomic E-state index is 6.18. The molecule has 0 aliphatic carbocycles. The Balaban J connectivity index is 2.05. The van der Waals surface area contributed by atoms with E-state index >= 15 is 0 Å². The lowest BCUT2D eigenvalue weighted by Gasteiger charge is -2.27. The summed E-state index contributed by atoms with van der Waals surface area (Å²) in [4.78, 5) is 2.22. The second-order valence-electron chi connectivity index (χ2n) is 5.61. The lowest BCUT2D eigenvalue weighted by Crippen LogP contribution is -2.19. The normalized spacial score (nSPS) is 18.0. The molecule has 3 aromatic rings. The molecular weight excluding hydrogens is 258 g/mol. The van der Waals surface area contributed by atoms with Crippen LogP contribution < -0.4 is 0 Å². The van der Waals surface area contributed by atoms with Gasteiger partial charge in [-0.15, -0.1) is 0 Å². The van der Waals surface area contributed by atoms with E-state index in [1.54, 1.807) is 0 Å². The molecule has 2 heteroatoms. The average molecular weight is 275 g/mol. The number of nitrogens with zero attached hydrogens (tertiary/aromatic N) is 1. The minimum Gasteiger partial charge on any atom is -0.456 e. The predicted molar refractivity (Wildman–Crippen MR) is 87.2 cm³/mol. The molecule has 0 amide bonds. The molecule has 1 unspecified atom stereocenters. The van der Waals surface area contributed by atoms with E-state index in [9.17, 15) is 0 Å². The molecule has 2 aromatic carbocycles. The number of allylic oxidation sites excluding steroid dienone is 2. The van der Waals surface area contributed by atoms with Crippen LogP contribution in [0.3, 0.4) is 0 Å². The molecule has 4 rings (SSSR count). The zero-order valence-corrected chi connectivity index (χ0v) is 12.2. The molecule has 2 heterocycles. The Morgan fingerprint density at radius 3 is 2.71 bits per heavy atom. The van der Waals surface area contributed by atoms with Crippen LogP contribution >= 0.6 is 0 Å². The van der Waals surface area contributed by atoms with Gasteiger partial charge in [0.05, 0.1) is 6.04 Å². The third-order valence-corrected chi connectivity index (χ3v) is 4.26. The van der Waals surface area contributed by atoms with Gasteiger partial charge in [0, 0.05) is 23.4 Å². The predicted octanol–water partition coefficient (Wildman–Crippen LogP) is 4.95. The Labute approximate surface area is 124 Å². The van der Waals surface area contributed by atoms with Crippen LogP contribution in [0, 0.1) is 6.92 Å².